The molecule has 0 radical (unpaired) electrons. The summed E-state index contributed by atoms with van der Waals surface area (Å²) in [6.45, 7) is 9.55. The van der Waals surface area contributed by atoms with Crippen LogP contribution >= 0.6 is 11.6 Å². The van der Waals surface area contributed by atoms with Crippen LogP contribution in [0.2, 0.25) is 5.02 Å². The molecular formula is C27H33ClO6. The van der Waals surface area contributed by atoms with E-state index in [2.05, 4.69) is 0 Å². The van der Waals surface area contributed by atoms with E-state index in [1.54, 1.807) is 0 Å². The van der Waals surface area contributed by atoms with Crippen LogP contribution < -0.4 is 4.74 Å². The Morgan fingerprint density at radius 3 is 2.32 bits per heavy atom. The smallest absolute Gasteiger partial charge is 0.303 e. The van der Waals surface area contributed by atoms with Gasteiger partial charge in [0.05, 0.1) is 12.7 Å². The molecule has 0 saturated carbocycles. The SMILES string of the molecule is CCOc1ccc(Cc2cc([C@@H]3O[C@H](COC(C)=O)[C@@H](C)[C@H](C)[C@H]3OC(C)=O)ccc2Cl)cc1. The minimum atomic E-state index is -0.507. The number of ether oxygens (including phenoxy) is 4. The molecule has 0 unspecified atom stereocenters. The summed E-state index contributed by atoms with van der Waals surface area (Å²) in [5.74, 6) is 0.128. The molecule has 2 aromatic carbocycles. The first kappa shape index (κ1) is 26.0. The van der Waals surface area contributed by atoms with Gasteiger partial charge in [0.1, 0.15) is 24.6 Å². The van der Waals surface area contributed by atoms with Crippen LogP contribution in [0.3, 0.4) is 0 Å². The topological polar surface area (TPSA) is 71.1 Å². The van der Waals surface area contributed by atoms with Crippen molar-refractivity contribution in [2.24, 2.45) is 11.8 Å². The van der Waals surface area contributed by atoms with Gasteiger partial charge in [0.2, 0.25) is 0 Å². The highest BCUT2D eigenvalue weighted by Crippen LogP contribution is 2.41. The average Bonchev–Trinajstić information content (AvgIpc) is 2.79. The number of benzene rings is 2. The Morgan fingerprint density at radius 2 is 1.71 bits per heavy atom. The minimum Gasteiger partial charge on any atom is -0.494 e. The van der Waals surface area contributed by atoms with Gasteiger partial charge in [0, 0.05) is 24.8 Å². The van der Waals surface area contributed by atoms with E-state index in [-0.39, 0.29) is 36.5 Å². The Morgan fingerprint density at radius 1 is 1.00 bits per heavy atom. The molecule has 0 bridgehead atoms. The summed E-state index contributed by atoms with van der Waals surface area (Å²) >= 11 is 6.54. The largest absolute Gasteiger partial charge is 0.494 e. The molecule has 1 heterocycles. The van der Waals surface area contributed by atoms with Crippen molar-refractivity contribution in [2.75, 3.05) is 13.2 Å². The van der Waals surface area contributed by atoms with Crippen molar-refractivity contribution in [1.29, 1.82) is 0 Å². The van der Waals surface area contributed by atoms with Crippen LogP contribution in [-0.2, 0) is 30.2 Å². The Hall–Kier alpha value is -2.57. The van der Waals surface area contributed by atoms with Crippen molar-refractivity contribution < 1.29 is 28.5 Å². The minimum absolute atomic E-state index is 0.00607. The third-order valence-corrected chi connectivity index (χ3v) is 6.70. The maximum absolute atomic E-state index is 11.9. The number of hydrogen-bond acceptors (Lipinski definition) is 6. The summed E-state index contributed by atoms with van der Waals surface area (Å²) in [7, 11) is 0. The zero-order chi connectivity index (χ0) is 24.8. The molecule has 3 rings (SSSR count). The lowest BCUT2D eigenvalue weighted by atomic mass is 9.79. The Bertz CT molecular complexity index is 987. The molecule has 0 N–H and O–H groups in total. The van der Waals surface area contributed by atoms with E-state index in [1.165, 1.54) is 13.8 Å². The number of carbonyl (C=O) groups excluding carboxylic acids is 2. The van der Waals surface area contributed by atoms with Crippen LogP contribution in [0.1, 0.15) is 57.4 Å². The second-order valence-corrected chi connectivity index (χ2v) is 9.20. The van der Waals surface area contributed by atoms with Gasteiger partial charge in [-0.3, -0.25) is 9.59 Å². The molecule has 2 aromatic rings. The molecule has 1 fully saturated rings. The van der Waals surface area contributed by atoms with Crippen molar-refractivity contribution in [1.82, 2.24) is 0 Å². The number of hydrogen-bond donors (Lipinski definition) is 0. The second kappa shape index (κ2) is 11.7. The summed E-state index contributed by atoms with van der Waals surface area (Å²) < 4.78 is 22.9. The monoisotopic (exact) mass is 488 g/mol. The van der Waals surface area contributed by atoms with E-state index >= 15 is 0 Å². The molecule has 34 heavy (non-hydrogen) atoms. The highest BCUT2D eigenvalue weighted by Gasteiger charge is 2.44. The van der Waals surface area contributed by atoms with Gasteiger partial charge >= 0.3 is 11.9 Å². The predicted octanol–water partition coefficient (Wildman–Crippen LogP) is 5.54. The molecule has 7 heteroatoms. The third kappa shape index (κ3) is 6.51. The molecule has 1 saturated heterocycles. The van der Waals surface area contributed by atoms with Crippen LogP contribution in [0, 0.1) is 11.8 Å². The molecule has 1 aliphatic heterocycles. The Labute approximate surface area is 206 Å². The van der Waals surface area contributed by atoms with Crippen molar-refractivity contribution in [3.05, 3.63) is 64.2 Å². The zero-order valence-electron chi connectivity index (χ0n) is 20.4. The summed E-state index contributed by atoms with van der Waals surface area (Å²) in [4.78, 5) is 23.3. The quantitative estimate of drug-likeness (QED) is 0.454. The van der Waals surface area contributed by atoms with Crippen molar-refractivity contribution in [3.63, 3.8) is 0 Å². The number of halogens is 1. The highest BCUT2D eigenvalue weighted by atomic mass is 35.5. The average molecular weight is 489 g/mol. The number of esters is 2. The van der Waals surface area contributed by atoms with Crippen LogP contribution in [0.25, 0.3) is 0 Å². The zero-order valence-corrected chi connectivity index (χ0v) is 21.1. The molecule has 184 valence electrons. The first-order valence-corrected chi connectivity index (χ1v) is 12.0. The van der Waals surface area contributed by atoms with Crippen LogP contribution in [0.5, 0.6) is 5.75 Å². The fraction of sp³-hybridized carbons (Fsp3) is 0.481. The van der Waals surface area contributed by atoms with Gasteiger partial charge in [-0.25, -0.2) is 0 Å². The molecule has 0 amide bonds. The fourth-order valence-corrected chi connectivity index (χ4v) is 4.50. The van der Waals surface area contributed by atoms with Gasteiger partial charge in [-0.15, -0.1) is 0 Å². The maximum Gasteiger partial charge on any atom is 0.303 e. The molecule has 6 nitrogen and oxygen atoms in total. The molecule has 0 spiro atoms. The molecule has 0 aliphatic carbocycles. The Kier molecular flexibility index (Phi) is 8.97. The lowest BCUT2D eigenvalue weighted by Gasteiger charge is -2.44. The normalized spacial score (nSPS) is 24.4. The summed E-state index contributed by atoms with van der Waals surface area (Å²) in [6.07, 6.45) is -0.666. The summed E-state index contributed by atoms with van der Waals surface area (Å²) in [6, 6.07) is 13.7. The third-order valence-electron chi connectivity index (χ3n) is 6.33. The van der Waals surface area contributed by atoms with Gasteiger partial charge in [0.15, 0.2) is 0 Å². The van der Waals surface area contributed by atoms with Gasteiger partial charge < -0.3 is 18.9 Å². The fourth-order valence-electron chi connectivity index (χ4n) is 4.32. The number of carbonyl (C=O) groups is 2. The van der Waals surface area contributed by atoms with Crippen LogP contribution in [0.4, 0.5) is 0 Å². The van der Waals surface area contributed by atoms with E-state index in [0.717, 1.165) is 22.4 Å². The van der Waals surface area contributed by atoms with E-state index in [0.29, 0.717) is 18.1 Å². The van der Waals surface area contributed by atoms with Crippen molar-refractivity contribution >= 4 is 23.5 Å². The lowest BCUT2D eigenvalue weighted by Crippen LogP contribution is -2.48. The van der Waals surface area contributed by atoms with Crippen LogP contribution in [0.15, 0.2) is 42.5 Å². The van der Waals surface area contributed by atoms with Crippen LogP contribution in [-0.4, -0.2) is 37.4 Å². The van der Waals surface area contributed by atoms with Crippen molar-refractivity contribution in [3.8, 4) is 5.75 Å². The lowest BCUT2D eigenvalue weighted by molar-refractivity contribution is -0.205. The second-order valence-electron chi connectivity index (χ2n) is 8.79. The molecular weight excluding hydrogens is 456 g/mol. The number of rotatable bonds is 8. The predicted molar refractivity (Wildman–Crippen MR) is 130 cm³/mol. The molecule has 1 aliphatic rings. The highest BCUT2D eigenvalue weighted by molar-refractivity contribution is 6.31. The molecule has 5 atom stereocenters. The first-order chi connectivity index (χ1) is 16.2. The van der Waals surface area contributed by atoms with E-state index in [9.17, 15) is 9.59 Å². The van der Waals surface area contributed by atoms with Gasteiger partial charge in [-0.2, -0.15) is 0 Å². The van der Waals surface area contributed by atoms with E-state index in [1.807, 2.05) is 63.2 Å². The van der Waals surface area contributed by atoms with Crippen molar-refractivity contribution in [2.45, 2.75) is 59.4 Å². The standard InChI is InChI=1S/C27H33ClO6/c1-6-31-23-10-7-20(8-11-23)13-22-14-21(9-12-24(22)28)27-26(33-19(5)30)17(3)16(2)25(34-27)15-32-18(4)29/h7-12,14,16-17,25-27H,6,13,15H2,1-5H3/t16-,17-,25+,26+,27-/m0/s1. The maximum atomic E-state index is 11.9. The van der Waals surface area contributed by atoms with Gasteiger partial charge in [-0.05, 0) is 54.2 Å². The van der Waals surface area contributed by atoms with E-state index < -0.39 is 12.2 Å². The van der Waals surface area contributed by atoms with E-state index in [4.69, 9.17) is 30.5 Å². The molecule has 0 aromatic heterocycles. The van der Waals surface area contributed by atoms with Gasteiger partial charge in [0.25, 0.3) is 0 Å². The first-order valence-electron chi connectivity index (χ1n) is 11.7. The van der Waals surface area contributed by atoms with Gasteiger partial charge in [-0.1, -0.05) is 49.7 Å². The summed E-state index contributed by atoms with van der Waals surface area (Å²) in [5.41, 5.74) is 2.90. The summed E-state index contributed by atoms with van der Waals surface area (Å²) in [5, 5.41) is 0.648. The Balaban J connectivity index is 1.89.